The zero-order valence-electron chi connectivity index (χ0n) is 12.9. The number of amides is 2. The third kappa shape index (κ3) is 3.86. The van der Waals surface area contributed by atoms with Gasteiger partial charge in [-0.2, -0.15) is 0 Å². The normalized spacial score (nSPS) is 21.4. The van der Waals surface area contributed by atoms with Crippen molar-refractivity contribution in [2.75, 3.05) is 44.6 Å². The first-order valence-electron chi connectivity index (χ1n) is 7.93. The summed E-state index contributed by atoms with van der Waals surface area (Å²) in [5.41, 5.74) is 1.06. The number of hydrogen-bond donors (Lipinski definition) is 3. The van der Waals surface area contributed by atoms with Crippen LogP contribution in [0.5, 0.6) is 0 Å². The number of nitrogens with one attached hydrogen (secondary N) is 3. The summed E-state index contributed by atoms with van der Waals surface area (Å²) in [6.45, 7) is 5.23. The lowest BCUT2D eigenvalue weighted by Gasteiger charge is -2.28. The average Bonchev–Trinajstić information content (AvgIpc) is 2.54. The van der Waals surface area contributed by atoms with Crippen molar-refractivity contribution in [3.63, 3.8) is 0 Å². The summed E-state index contributed by atoms with van der Waals surface area (Å²) >= 11 is 0. The topological polar surface area (TPSA) is 73.5 Å². The highest BCUT2D eigenvalue weighted by atomic mass is 19.1. The lowest BCUT2D eigenvalue weighted by molar-refractivity contribution is -0.126. The maximum Gasteiger partial charge on any atom is 0.228 e. The van der Waals surface area contributed by atoms with Crippen molar-refractivity contribution in [3.05, 3.63) is 29.6 Å². The lowest BCUT2D eigenvalue weighted by atomic mass is 9.89. The van der Waals surface area contributed by atoms with Gasteiger partial charge in [0, 0.05) is 51.4 Å². The fourth-order valence-electron chi connectivity index (χ4n) is 3.07. The molecule has 2 aliphatic rings. The fourth-order valence-corrected chi connectivity index (χ4v) is 3.07. The molecule has 124 valence electrons. The number of rotatable bonds is 4. The van der Waals surface area contributed by atoms with Gasteiger partial charge in [-0.05, 0) is 17.7 Å². The number of fused-ring (bicyclic) bond motifs is 1. The lowest BCUT2D eigenvalue weighted by Crippen LogP contribution is -2.46. The molecule has 1 saturated heterocycles. The van der Waals surface area contributed by atoms with Crippen LogP contribution in [0.4, 0.5) is 10.1 Å². The van der Waals surface area contributed by atoms with Crippen molar-refractivity contribution < 1.29 is 14.0 Å². The Hall–Kier alpha value is -1.99. The van der Waals surface area contributed by atoms with Crippen molar-refractivity contribution in [1.82, 2.24) is 15.5 Å². The van der Waals surface area contributed by atoms with Gasteiger partial charge in [0.25, 0.3) is 0 Å². The second-order valence-electron chi connectivity index (χ2n) is 5.92. The summed E-state index contributed by atoms with van der Waals surface area (Å²) in [5.74, 6) is -1.42. The van der Waals surface area contributed by atoms with Crippen LogP contribution >= 0.6 is 0 Å². The molecule has 2 amide bonds. The third-order valence-electron chi connectivity index (χ3n) is 4.31. The maximum absolute atomic E-state index is 13.3. The number of nitrogens with zero attached hydrogens (tertiary/aromatic N) is 1. The van der Waals surface area contributed by atoms with E-state index in [1.54, 1.807) is 6.07 Å². The van der Waals surface area contributed by atoms with Crippen LogP contribution in [0.3, 0.4) is 0 Å². The number of carbonyl (C=O) groups is 2. The summed E-state index contributed by atoms with van der Waals surface area (Å²) in [6, 6.07) is 4.15. The smallest absolute Gasteiger partial charge is 0.228 e. The van der Waals surface area contributed by atoms with Crippen molar-refractivity contribution in [1.29, 1.82) is 0 Å². The Balaban J connectivity index is 1.60. The van der Waals surface area contributed by atoms with Crippen molar-refractivity contribution >= 4 is 17.5 Å². The van der Waals surface area contributed by atoms with Crippen molar-refractivity contribution in [3.8, 4) is 0 Å². The van der Waals surface area contributed by atoms with E-state index in [-0.39, 0.29) is 18.2 Å². The zero-order chi connectivity index (χ0) is 16.2. The minimum Gasteiger partial charge on any atom is -0.354 e. The zero-order valence-corrected chi connectivity index (χ0v) is 12.9. The van der Waals surface area contributed by atoms with Crippen molar-refractivity contribution in [2.45, 2.75) is 12.3 Å². The molecule has 2 heterocycles. The molecule has 1 aromatic rings. The van der Waals surface area contributed by atoms with Crippen LogP contribution in [0, 0.1) is 5.82 Å². The molecule has 0 aromatic heterocycles. The van der Waals surface area contributed by atoms with Gasteiger partial charge in [0.05, 0.1) is 5.92 Å². The quantitative estimate of drug-likeness (QED) is 0.745. The second kappa shape index (κ2) is 7.06. The molecule has 2 aliphatic heterocycles. The van der Waals surface area contributed by atoms with Crippen LogP contribution in [0.25, 0.3) is 0 Å². The predicted octanol–water partition coefficient (Wildman–Crippen LogP) is 0.273. The number of hydrogen-bond acceptors (Lipinski definition) is 4. The molecule has 1 fully saturated rings. The van der Waals surface area contributed by atoms with Gasteiger partial charge >= 0.3 is 0 Å². The fraction of sp³-hybridized carbons (Fsp3) is 0.500. The van der Waals surface area contributed by atoms with Crippen LogP contribution in [0.15, 0.2) is 18.2 Å². The van der Waals surface area contributed by atoms with E-state index in [4.69, 9.17) is 0 Å². The molecule has 3 N–H and O–H groups in total. The number of benzene rings is 1. The molecule has 1 atom stereocenters. The van der Waals surface area contributed by atoms with Gasteiger partial charge < -0.3 is 16.0 Å². The first-order chi connectivity index (χ1) is 11.1. The highest BCUT2D eigenvalue weighted by molar-refractivity contribution is 6.01. The molecule has 6 nitrogen and oxygen atoms in total. The third-order valence-corrected chi connectivity index (χ3v) is 4.31. The van der Waals surface area contributed by atoms with E-state index in [1.807, 2.05) is 0 Å². The average molecular weight is 320 g/mol. The van der Waals surface area contributed by atoms with E-state index in [0.717, 1.165) is 32.7 Å². The molecule has 0 bridgehead atoms. The Labute approximate surface area is 134 Å². The van der Waals surface area contributed by atoms with E-state index in [2.05, 4.69) is 20.9 Å². The highest BCUT2D eigenvalue weighted by Gasteiger charge is 2.30. The van der Waals surface area contributed by atoms with Gasteiger partial charge in [0.1, 0.15) is 5.82 Å². The molecule has 0 spiro atoms. The standard InChI is InChI=1S/C16H21FN4O2/c17-11-1-2-12-13(10-15(22)20-14(12)9-11)16(23)19-5-8-21-6-3-18-4-7-21/h1-2,9,13,18H,3-8,10H2,(H,19,23)(H,20,22). The molecule has 23 heavy (non-hydrogen) atoms. The van der Waals surface area contributed by atoms with Gasteiger partial charge in [0.15, 0.2) is 0 Å². The van der Waals surface area contributed by atoms with Gasteiger partial charge in [-0.15, -0.1) is 0 Å². The van der Waals surface area contributed by atoms with Crippen LogP contribution < -0.4 is 16.0 Å². The van der Waals surface area contributed by atoms with E-state index in [0.29, 0.717) is 17.8 Å². The molecule has 3 rings (SSSR count). The minimum atomic E-state index is -0.553. The molecule has 0 radical (unpaired) electrons. The monoisotopic (exact) mass is 320 g/mol. The van der Waals surface area contributed by atoms with Crippen molar-refractivity contribution in [2.24, 2.45) is 0 Å². The number of anilines is 1. The molecule has 1 unspecified atom stereocenters. The minimum absolute atomic E-state index is 0.0953. The summed E-state index contributed by atoms with van der Waals surface area (Å²) in [6.07, 6.45) is 0.0953. The van der Waals surface area contributed by atoms with Crippen LogP contribution in [-0.4, -0.2) is 56.0 Å². The van der Waals surface area contributed by atoms with E-state index in [1.165, 1.54) is 12.1 Å². The molecule has 0 aliphatic carbocycles. The number of carbonyl (C=O) groups excluding carboxylic acids is 2. The molecule has 0 saturated carbocycles. The van der Waals surface area contributed by atoms with E-state index in [9.17, 15) is 14.0 Å². The first-order valence-corrected chi connectivity index (χ1v) is 7.93. The second-order valence-corrected chi connectivity index (χ2v) is 5.92. The van der Waals surface area contributed by atoms with Crippen LogP contribution in [0.2, 0.25) is 0 Å². The SMILES string of the molecule is O=C1CC(C(=O)NCCN2CCNCC2)c2ccc(F)cc2N1. The van der Waals surface area contributed by atoms with Gasteiger partial charge in [-0.1, -0.05) is 6.07 Å². The molecular formula is C16H21FN4O2. The Bertz CT molecular complexity index is 602. The van der Waals surface area contributed by atoms with E-state index >= 15 is 0 Å². The molecular weight excluding hydrogens is 299 g/mol. The van der Waals surface area contributed by atoms with Gasteiger partial charge in [-0.25, -0.2) is 4.39 Å². The first kappa shape index (κ1) is 15.9. The van der Waals surface area contributed by atoms with Crippen LogP contribution in [-0.2, 0) is 9.59 Å². The van der Waals surface area contributed by atoms with Gasteiger partial charge in [0.2, 0.25) is 11.8 Å². The van der Waals surface area contributed by atoms with Gasteiger partial charge in [-0.3, -0.25) is 14.5 Å². The Morgan fingerprint density at radius 3 is 2.91 bits per heavy atom. The largest absolute Gasteiger partial charge is 0.354 e. The maximum atomic E-state index is 13.3. The highest BCUT2D eigenvalue weighted by Crippen LogP contribution is 2.32. The van der Waals surface area contributed by atoms with Crippen LogP contribution in [0.1, 0.15) is 17.9 Å². The van der Waals surface area contributed by atoms with E-state index < -0.39 is 11.7 Å². The predicted molar refractivity (Wildman–Crippen MR) is 84.7 cm³/mol. The Kier molecular flexibility index (Phi) is 4.88. The molecule has 1 aromatic carbocycles. The number of piperazine rings is 1. The summed E-state index contributed by atoms with van der Waals surface area (Å²) in [5, 5.41) is 8.80. The Morgan fingerprint density at radius 1 is 1.35 bits per heavy atom. The molecule has 7 heteroatoms. The summed E-state index contributed by atoms with van der Waals surface area (Å²) in [4.78, 5) is 26.4. The Morgan fingerprint density at radius 2 is 2.13 bits per heavy atom. The summed E-state index contributed by atoms with van der Waals surface area (Å²) < 4.78 is 13.3. The number of halogens is 1. The summed E-state index contributed by atoms with van der Waals surface area (Å²) in [7, 11) is 0.